The first-order valence-electron chi connectivity index (χ1n) is 11.3. The number of carbonyl (C=O) groups excluding carboxylic acids is 2. The van der Waals surface area contributed by atoms with Gasteiger partial charge in [0.25, 0.3) is 15.9 Å². The van der Waals surface area contributed by atoms with Gasteiger partial charge >= 0.3 is 0 Å². The lowest BCUT2D eigenvalue weighted by Crippen LogP contribution is -2.38. The molecule has 182 valence electrons. The molecule has 2 amide bonds. The van der Waals surface area contributed by atoms with Crippen LogP contribution in [0.2, 0.25) is 0 Å². The molecule has 0 fully saturated rings. The van der Waals surface area contributed by atoms with E-state index in [9.17, 15) is 18.0 Å². The summed E-state index contributed by atoms with van der Waals surface area (Å²) in [4.78, 5) is 27.2. The van der Waals surface area contributed by atoms with E-state index in [-0.39, 0.29) is 29.5 Å². The largest absolute Gasteiger partial charge is 0.497 e. The van der Waals surface area contributed by atoms with Crippen molar-refractivity contribution in [1.82, 2.24) is 4.90 Å². The van der Waals surface area contributed by atoms with Crippen LogP contribution in [0.1, 0.15) is 22.8 Å². The molecular weight excluding hydrogens is 466 g/mol. The van der Waals surface area contributed by atoms with Gasteiger partial charge in [-0.2, -0.15) is 0 Å². The lowest BCUT2D eigenvalue weighted by atomic mass is 10.2. The molecule has 3 aromatic rings. The van der Waals surface area contributed by atoms with Gasteiger partial charge in [0.15, 0.2) is 0 Å². The summed E-state index contributed by atoms with van der Waals surface area (Å²) >= 11 is 0. The number of fused-ring (bicyclic) bond motifs is 1. The Morgan fingerprint density at radius 2 is 1.80 bits per heavy atom. The smallest absolute Gasteiger partial charge is 0.264 e. The predicted octanol–water partition coefficient (Wildman–Crippen LogP) is 3.55. The fraction of sp³-hybridized carbons (Fsp3) is 0.231. The normalized spacial score (nSPS) is 12.7. The van der Waals surface area contributed by atoms with Crippen molar-refractivity contribution < 1.29 is 22.7 Å². The van der Waals surface area contributed by atoms with Crippen molar-refractivity contribution in [2.75, 3.05) is 36.4 Å². The maximum atomic E-state index is 13.4. The molecule has 0 saturated heterocycles. The lowest BCUT2D eigenvalue weighted by molar-refractivity contribution is -0.116. The summed E-state index contributed by atoms with van der Waals surface area (Å²) in [6.07, 6.45) is 0.639. The number of carbonyl (C=O) groups is 2. The van der Waals surface area contributed by atoms with Crippen LogP contribution in [0.25, 0.3) is 0 Å². The van der Waals surface area contributed by atoms with Crippen molar-refractivity contribution in [2.45, 2.75) is 18.2 Å². The van der Waals surface area contributed by atoms with Crippen LogP contribution < -0.4 is 14.4 Å². The van der Waals surface area contributed by atoms with Crippen LogP contribution in [0, 0.1) is 0 Å². The second kappa shape index (κ2) is 10.2. The summed E-state index contributed by atoms with van der Waals surface area (Å²) in [5.74, 6) is -0.192. The zero-order valence-corrected chi connectivity index (χ0v) is 20.4. The lowest BCUT2D eigenvalue weighted by Gasteiger charge is -2.22. The number of ether oxygens (including phenoxy) is 1. The number of likely N-dealkylation sites (N-methyl/N-ethyl adjacent to an activating group) is 1. The SMILES string of the molecule is CCN(CC(=O)Nc1cccc(OC)c1)C(=O)c1cccc(S(=O)(=O)N2CCc3ccccc32)c1. The first kappa shape index (κ1) is 24.3. The molecule has 1 N–H and O–H groups in total. The van der Waals surface area contributed by atoms with Gasteiger partial charge in [-0.15, -0.1) is 0 Å². The van der Waals surface area contributed by atoms with Gasteiger partial charge in [0, 0.05) is 30.4 Å². The molecule has 8 nitrogen and oxygen atoms in total. The number of methoxy groups -OCH3 is 1. The molecule has 0 saturated carbocycles. The zero-order chi connectivity index (χ0) is 25.0. The van der Waals surface area contributed by atoms with Crippen LogP contribution in [-0.2, 0) is 21.2 Å². The van der Waals surface area contributed by atoms with Gasteiger partial charge in [-0.1, -0.05) is 30.3 Å². The van der Waals surface area contributed by atoms with Crippen LogP contribution in [0.5, 0.6) is 5.75 Å². The number of nitrogens with one attached hydrogen (secondary N) is 1. The quantitative estimate of drug-likeness (QED) is 0.518. The van der Waals surface area contributed by atoms with Crippen molar-refractivity contribution in [2.24, 2.45) is 0 Å². The maximum absolute atomic E-state index is 13.4. The van der Waals surface area contributed by atoms with E-state index in [0.717, 1.165) is 5.56 Å². The summed E-state index contributed by atoms with van der Waals surface area (Å²) < 4.78 is 33.3. The fourth-order valence-corrected chi connectivity index (χ4v) is 5.61. The molecule has 0 bridgehead atoms. The summed E-state index contributed by atoms with van der Waals surface area (Å²) in [5, 5.41) is 2.75. The Labute approximate surface area is 205 Å². The molecule has 35 heavy (non-hydrogen) atoms. The Morgan fingerprint density at radius 3 is 2.57 bits per heavy atom. The number of benzene rings is 3. The summed E-state index contributed by atoms with van der Waals surface area (Å²) in [7, 11) is -2.30. The number of anilines is 2. The van der Waals surface area contributed by atoms with Gasteiger partial charge in [-0.25, -0.2) is 8.42 Å². The molecule has 0 atom stereocenters. The van der Waals surface area contributed by atoms with E-state index in [1.54, 1.807) is 49.4 Å². The zero-order valence-electron chi connectivity index (χ0n) is 19.6. The number of sulfonamides is 1. The highest BCUT2D eigenvalue weighted by Crippen LogP contribution is 2.32. The fourth-order valence-electron chi connectivity index (χ4n) is 4.06. The van der Waals surface area contributed by atoms with E-state index in [1.807, 2.05) is 18.2 Å². The van der Waals surface area contributed by atoms with Gasteiger partial charge < -0.3 is 15.0 Å². The van der Waals surface area contributed by atoms with E-state index >= 15 is 0 Å². The number of hydrogen-bond donors (Lipinski definition) is 1. The minimum absolute atomic E-state index is 0.0388. The van der Waals surface area contributed by atoms with Crippen molar-refractivity contribution in [1.29, 1.82) is 0 Å². The van der Waals surface area contributed by atoms with Gasteiger partial charge in [0.1, 0.15) is 12.3 Å². The van der Waals surface area contributed by atoms with Crippen LogP contribution in [0.4, 0.5) is 11.4 Å². The third-order valence-electron chi connectivity index (χ3n) is 5.87. The molecule has 4 rings (SSSR count). The summed E-state index contributed by atoms with van der Waals surface area (Å²) in [6.45, 7) is 2.22. The van der Waals surface area contributed by atoms with Gasteiger partial charge in [-0.3, -0.25) is 13.9 Å². The van der Waals surface area contributed by atoms with Crippen molar-refractivity contribution in [3.05, 3.63) is 83.9 Å². The highest BCUT2D eigenvalue weighted by atomic mass is 32.2. The first-order valence-corrected chi connectivity index (χ1v) is 12.7. The molecule has 0 unspecified atom stereocenters. The van der Waals surface area contributed by atoms with E-state index in [2.05, 4.69) is 5.32 Å². The molecule has 3 aromatic carbocycles. The van der Waals surface area contributed by atoms with Crippen LogP contribution in [0.3, 0.4) is 0 Å². The van der Waals surface area contributed by atoms with Crippen molar-refractivity contribution in [3.8, 4) is 5.75 Å². The highest BCUT2D eigenvalue weighted by Gasteiger charge is 2.31. The number of hydrogen-bond acceptors (Lipinski definition) is 5. The Balaban J connectivity index is 1.51. The standard InChI is InChI=1S/C26H27N3O5S/c1-3-28(18-25(30)27-21-10-7-11-22(17-21)34-2)26(31)20-9-6-12-23(16-20)35(32,33)29-15-14-19-8-4-5-13-24(19)29/h4-13,16-17H,3,14-15,18H2,1-2H3,(H,27,30). The average molecular weight is 494 g/mol. The van der Waals surface area contributed by atoms with Gasteiger partial charge in [-0.05, 0) is 55.3 Å². The summed E-state index contributed by atoms with van der Waals surface area (Å²) in [6, 6.07) is 20.3. The van der Waals surface area contributed by atoms with Crippen LogP contribution >= 0.6 is 0 Å². The van der Waals surface area contributed by atoms with Crippen molar-refractivity contribution >= 4 is 33.2 Å². The molecule has 9 heteroatoms. The predicted molar refractivity (Wildman–Crippen MR) is 134 cm³/mol. The molecule has 0 aliphatic carbocycles. The van der Waals surface area contributed by atoms with Crippen LogP contribution in [0.15, 0.2) is 77.7 Å². The van der Waals surface area contributed by atoms with Gasteiger partial charge in [0.05, 0.1) is 17.7 Å². The minimum Gasteiger partial charge on any atom is -0.497 e. The topological polar surface area (TPSA) is 96.0 Å². The van der Waals surface area contributed by atoms with Crippen molar-refractivity contribution in [3.63, 3.8) is 0 Å². The Bertz CT molecular complexity index is 1360. The third kappa shape index (κ3) is 5.14. The van der Waals surface area contributed by atoms with Crippen LogP contribution in [-0.4, -0.2) is 51.9 Å². The number of nitrogens with zero attached hydrogens (tertiary/aromatic N) is 2. The molecule has 1 aliphatic heterocycles. The van der Waals surface area contributed by atoms with Gasteiger partial charge in [0.2, 0.25) is 5.91 Å². The van der Waals surface area contributed by atoms with E-state index < -0.39 is 15.9 Å². The minimum atomic E-state index is -3.84. The Morgan fingerprint density at radius 1 is 1.03 bits per heavy atom. The Hall–Kier alpha value is -3.85. The third-order valence-corrected chi connectivity index (χ3v) is 7.68. The number of para-hydroxylation sites is 1. The Kier molecular flexibility index (Phi) is 7.07. The molecule has 0 aromatic heterocycles. The molecule has 0 spiro atoms. The highest BCUT2D eigenvalue weighted by molar-refractivity contribution is 7.92. The molecular formula is C26H27N3O5S. The number of rotatable bonds is 8. The second-order valence-corrected chi connectivity index (χ2v) is 9.95. The number of amides is 2. The molecule has 0 radical (unpaired) electrons. The van der Waals surface area contributed by atoms with E-state index in [0.29, 0.717) is 30.1 Å². The maximum Gasteiger partial charge on any atom is 0.264 e. The monoisotopic (exact) mass is 493 g/mol. The molecule has 1 aliphatic rings. The average Bonchev–Trinajstić information content (AvgIpc) is 3.32. The van der Waals surface area contributed by atoms with E-state index in [1.165, 1.54) is 28.4 Å². The summed E-state index contributed by atoms with van der Waals surface area (Å²) in [5.41, 5.74) is 2.39. The first-order chi connectivity index (χ1) is 16.8. The molecule has 1 heterocycles. The van der Waals surface area contributed by atoms with E-state index in [4.69, 9.17) is 4.74 Å². The second-order valence-electron chi connectivity index (χ2n) is 8.08.